The number of anilines is 2. The summed E-state index contributed by atoms with van der Waals surface area (Å²) in [6.07, 6.45) is 1.90. The van der Waals surface area contributed by atoms with Crippen LogP contribution in [0.15, 0.2) is 59.8 Å². The zero-order valence-corrected chi connectivity index (χ0v) is 16.3. The third-order valence-electron chi connectivity index (χ3n) is 4.85. The first-order valence-electron chi connectivity index (χ1n) is 8.95. The Labute approximate surface area is 166 Å². The second-order valence-corrected chi connectivity index (χ2v) is 7.45. The Hall–Kier alpha value is -2.87. The van der Waals surface area contributed by atoms with Crippen molar-refractivity contribution in [2.75, 3.05) is 16.9 Å². The van der Waals surface area contributed by atoms with E-state index in [1.54, 1.807) is 16.8 Å². The summed E-state index contributed by atoms with van der Waals surface area (Å²) >= 11 is 1.43. The first-order chi connectivity index (χ1) is 13.6. The van der Waals surface area contributed by atoms with Gasteiger partial charge in [-0.05, 0) is 43.0 Å². The second kappa shape index (κ2) is 7.63. The molecule has 4 rings (SSSR count). The SMILES string of the molecule is CSc1nc2n(n1)[C@H](c1ccc(F)cc1)[C@H](C(=O)Nc1ccccc1)[C@@H](C)N2. The van der Waals surface area contributed by atoms with Gasteiger partial charge in [0.15, 0.2) is 0 Å². The van der Waals surface area contributed by atoms with E-state index in [0.29, 0.717) is 11.1 Å². The van der Waals surface area contributed by atoms with Crippen LogP contribution in [0.25, 0.3) is 0 Å². The minimum atomic E-state index is -0.463. The molecule has 0 saturated heterocycles. The first kappa shape index (κ1) is 18.5. The molecule has 1 amide bonds. The highest BCUT2D eigenvalue weighted by molar-refractivity contribution is 7.98. The van der Waals surface area contributed by atoms with E-state index in [2.05, 4.69) is 20.7 Å². The van der Waals surface area contributed by atoms with Crippen LogP contribution in [0.4, 0.5) is 16.0 Å². The molecule has 2 aromatic carbocycles. The predicted molar refractivity (Wildman–Crippen MR) is 108 cm³/mol. The van der Waals surface area contributed by atoms with Gasteiger partial charge < -0.3 is 10.6 Å². The van der Waals surface area contributed by atoms with E-state index < -0.39 is 12.0 Å². The minimum absolute atomic E-state index is 0.132. The summed E-state index contributed by atoms with van der Waals surface area (Å²) in [5.74, 6) is -0.309. The van der Waals surface area contributed by atoms with E-state index in [4.69, 9.17) is 0 Å². The number of hydrogen-bond acceptors (Lipinski definition) is 5. The lowest BCUT2D eigenvalue weighted by molar-refractivity contribution is -0.121. The number of carbonyl (C=O) groups excluding carboxylic acids is 1. The molecule has 28 heavy (non-hydrogen) atoms. The van der Waals surface area contributed by atoms with Crippen molar-refractivity contribution in [3.05, 3.63) is 66.0 Å². The summed E-state index contributed by atoms with van der Waals surface area (Å²) < 4.78 is 15.2. The fraction of sp³-hybridized carbons (Fsp3) is 0.250. The Bertz CT molecular complexity index is 976. The van der Waals surface area contributed by atoms with Crippen molar-refractivity contribution in [2.45, 2.75) is 24.2 Å². The number of carbonyl (C=O) groups is 1. The molecule has 144 valence electrons. The quantitative estimate of drug-likeness (QED) is 0.656. The van der Waals surface area contributed by atoms with E-state index in [1.807, 2.05) is 43.5 Å². The van der Waals surface area contributed by atoms with Crippen molar-refractivity contribution >= 4 is 29.3 Å². The van der Waals surface area contributed by atoms with Gasteiger partial charge in [-0.25, -0.2) is 9.07 Å². The highest BCUT2D eigenvalue weighted by Gasteiger charge is 2.42. The number of fused-ring (bicyclic) bond motifs is 1. The van der Waals surface area contributed by atoms with Crippen LogP contribution in [-0.4, -0.2) is 33.0 Å². The van der Waals surface area contributed by atoms with Crippen molar-refractivity contribution in [2.24, 2.45) is 5.92 Å². The molecular weight excluding hydrogens is 377 g/mol. The number of nitrogens with one attached hydrogen (secondary N) is 2. The van der Waals surface area contributed by atoms with Gasteiger partial charge in [0.2, 0.25) is 17.0 Å². The fourth-order valence-electron chi connectivity index (χ4n) is 3.53. The van der Waals surface area contributed by atoms with E-state index >= 15 is 0 Å². The maximum atomic E-state index is 13.5. The van der Waals surface area contributed by atoms with Crippen molar-refractivity contribution in [3.63, 3.8) is 0 Å². The van der Waals surface area contributed by atoms with Gasteiger partial charge in [0.25, 0.3) is 0 Å². The number of hydrogen-bond donors (Lipinski definition) is 2. The number of nitrogens with zero attached hydrogens (tertiary/aromatic N) is 3. The molecular formula is C20H20FN5OS. The van der Waals surface area contributed by atoms with Gasteiger partial charge in [-0.3, -0.25) is 4.79 Å². The lowest BCUT2D eigenvalue weighted by Crippen LogP contribution is -2.46. The fourth-order valence-corrected chi connectivity index (χ4v) is 3.87. The number of aromatic nitrogens is 3. The van der Waals surface area contributed by atoms with Gasteiger partial charge in [-0.1, -0.05) is 42.1 Å². The maximum absolute atomic E-state index is 13.5. The smallest absolute Gasteiger partial charge is 0.232 e. The van der Waals surface area contributed by atoms with Crippen LogP contribution >= 0.6 is 11.8 Å². The molecule has 0 bridgehead atoms. The predicted octanol–water partition coefficient (Wildman–Crippen LogP) is 3.80. The molecule has 1 aromatic heterocycles. The number of rotatable bonds is 4. The molecule has 0 radical (unpaired) electrons. The van der Waals surface area contributed by atoms with E-state index in [-0.39, 0.29) is 17.8 Å². The first-order valence-corrected chi connectivity index (χ1v) is 10.2. The summed E-state index contributed by atoms with van der Waals surface area (Å²) in [5, 5.41) is 11.4. The molecule has 0 saturated carbocycles. The lowest BCUT2D eigenvalue weighted by atomic mass is 9.85. The summed E-state index contributed by atoms with van der Waals surface area (Å²) in [4.78, 5) is 17.7. The second-order valence-electron chi connectivity index (χ2n) is 6.68. The van der Waals surface area contributed by atoms with Crippen molar-refractivity contribution in [3.8, 4) is 0 Å². The molecule has 2 N–H and O–H groups in total. The van der Waals surface area contributed by atoms with Crippen LogP contribution in [0.1, 0.15) is 18.5 Å². The van der Waals surface area contributed by atoms with Gasteiger partial charge in [0.1, 0.15) is 5.82 Å². The van der Waals surface area contributed by atoms with Gasteiger partial charge >= 0.3 is 0 Å². The summed E-state index contributed by atoms with van der Waals surface area (Å²) in [7, 11) is 0. The van der Waals surface area contributed by atoms with E-state index in [9.17, 15) is 9.18 Å². The molecule has 0 unspecified atom stereocenters. The summed E-state index contributed by atoms with van der Waals surface area (Å²) in [6, 6.07) is 14.9. The topological polar surface area (TPSA) is 71.8 Å². The number of amides is 1. The van der Waals surface area contributed by atoms with Gasteiger partial charge in [0, 0.05) is 11.7 Å². The van der Waals surface area contributed by atoms with Gasteiger partial charge in [0.05, 0.1) is 12.0 Å². The van der Waals surface area contributed by atoms with Crippen LogP contribution < -0.4 is 10.6 Å². The number of halogens is 1. The molecule has 0 aliphatic carbocycles. The van der Waals surface area contributed by atoms with Crippen LogP contribution in [0.5, 0.6) is 0 Å². The zero-order valence-electron chi connectivity index (χ0n) is 15.5. The molecule has 6 nitrogen and oxygen atoms in total. The Kier molecular flexibility index (Phi) is 5.04. The van der Waals surface area contributed by atoms with Crippen molar-refractivity contribution < 1.29 is 9.18 Å². The lowest BCUT2D eigenvalue weighted by Gasteiger charge is -2.36. The molecule has 0 fully saturated rings. The van der Waals surface area contributed by atoms with Crippen molar-refractivity contribution in [1.29, 1.82) is 0 Å². The molecule has 0 spiro atoms. The largest absolute Gasteiger partial charge is 0.351 e. The van der Waals surface area contributed by atoms with E-state index in [0.717, 1.165) is 11.3 Å². The molecule has 1 aliphatic heterocycles. The number of benzene rings is 2. The third-order valence-corrected chi connectivity index (χ3v) is 5.39. The average molecular weight is 397 g/mol. The highest BCUT2D eigenvalue weighted by Crippen LogP contribution is 2.37. The minimum Gasteiger partial charge on any atom is -0.351 e. The van der Waals surface area contributed by atoms with E-state index in [1.165, 1.54) is 23.9 Å². The van der Waals surface area contributed by atoms with Gasteiger partial charge in [-0.15, -0.1) is 5.10 Å². The molecule has 2 heterocycles. The molecule has 8 heteroatoms. The number of para-hydroxylation sites is 1. The molecule has 3 atom stereocenters. The molecule has 3 aromatic rings. The van der Waals surface area contributed by atoms with Crippen LogP contribution in [0, 0.1) is 11.7 Å². The Balaban J connectivity index is 1.76. The Morgan fingerprint density at radius 1 is 1.18 bits per heavy atom. The third kappa shape index (κ3) is 3.47. The Morgan fingerprint density at radius 2 is 1.89 bits per heavy atom. The monoisotopic (exact) mass is 397 g/mol. The normalized spacial score (nSPS) is 20.9. The zero-order chi connectivity index (χ0) is 19.7. The van der Waals surface area contributed by atoms with Crippen LogP contribution in [0.3, 0.4) is 0 Å². The summed E-state index contributed by atoms with van der Waals surface area (Å²) in [6.45, 7) is 1.95. The number of thioether (sulfide) groups is 1. The van der Waals surface area contributed by atoms with Crippen LogP contribution in [-0.2, 0) is 4.79 Å². The van der Waals surface area contributed by atoms with Crippen LogP contribution in [0.2, 0.25) is 0 Å². The summed E-state index contributed by atoms with van der Waals surface area (Å²) in [5.41, 5.74) is 1.54. The standard InChI is InChI=1S/C20H20FN5OS/c1-12-16(18(27)23-15-6-4-3-5-7-15)17(13-8-10-14(21)11-9-13)26-19(22-12)24-20(25-26)28-2/h3-12,16-17H,1-2H3,(H,23,27)(H,22,24,25)/t12-,16-,17-/m1/s1. The van der Waals surface area contributed by atoms with Gasteiger partial charge in [-0.2, -0.15) is 4.98 Å². The highest BCUT2D eigenvalue weighted by atomic mass is 32.2. The Morgan fingerprint density at radius 3 is 2.57 bits per heavy atom. The van der Waals surface area contributed by atoms with Crippen molar-refractivity contribution in [1.82, 2.24) is 14.8 Å². The average Bonchev–Trinajstić information content (AvgIpc) is 3.11. The maximum Gasteiger partial charge on any atom is 0.232 e. The molecule has 1 aliphatic rings.